The van der Waals surface area contributed by atoms with Gasteiger partial charge in [0, 0.05) is 20.3 Å². The Kier molecular flexibility index (Phi) is 4.66. The van der Waals surface area contributed by atoms with Gasteiger partial charge in [0.1, 0.15) is 0 Å². The highest BCUT2D eigenvalue weighted by molar-refractivity contribution is 7.91. The summed E-state index contributed by atoms with van der Waals surface area (Å²) in [7, 11) is -1.91. The molecule has 0 radical (unpaired) electrons. The van der Waals surface area contributed by atoms with Crippen LogP contribution in [0.25, 0.3) is 0 Å². The van der Waals surface area contributed by atoms with E-state index in [1.165, 1.54) is 0 Å². The number of sulfonamides is 1. The zero-order valence-electron chi connectivity index (χ0n) is 9.19. The molecule has 0 aromatic carbocycles. The largest absolute Gasteiger partial charge is 0.385 e. The number of nitrogens with zero attached hydrogens (tertiary/aromatic N) is 1. The van der Waals surface area contributed by atoms with Gasteiger partial charge < -0.3 is 10.5 Å². The third kappa shape index (κ3) is 3.41. The minimum absolute atomic E-state index is 0.183. The van der Waals surface area contributed by atoms with Gasteiger partial charge in [-0.15, -0.1) is 0 Å². The molecule has 0 fully saturated rings. The van der Waals surface area contributed by atoms with E-state index < -0.39 is 10.0 Å². The number of hydrogen-bond donors (Lipinski definition) is 2. The number of thiazole rings is 1. The molecule has 0 aliphatic heterocycles. The third-order valence-electron chi connectivity index (χ3n) is 1.83. The first-order chi connectivity index (χ1) is 7.47. The van der Waals surface area contributed by atoms with Crippen molar-refractivity contribution in [3.63, 3.8) is 0 Å². The van der Waals surface area contributed by atoms with Crippen molar-refractivity contribution in [2.24, 2.45) is 0 Å². The number of aryl methyl sites for hydroxylation is 1. The Morgan fingerprint density at radius 2 is 2.25 bits per heavy atom. The lowest BCUT2D eigenvalue weighted by molar-refractivity contribution is 0.196. The number of methoxy groups -OCH3 is 1. The zero-order chi connectivity index (χ0) is 12.2. The molecule has 0 atom stereocenters. The van der Waals surface area contributed by atoms with E-state index in [-0.39, 0.29) is 9.34 Å². The minimum atomic E-state index is -3.48. The van der Waals surface area contributed by atoms with Gasteiger partial charge >= 0.3 is 0 Å². The highest BCUT2D eigenvalue weighted by Gasteiger charge is 2.20. The van der Waals surface area contributed by atoms with Crippen molar-refractivity contribution < 1.29 is 13.2 Å². The van der Waals surface area contributed by atoms with Crippen molar-refractivity contribution in [3.05, 3.63) is 5.69 Å². The smallest absolute Gasteiger partial charge is 0.252 e. The van der Waals surface area contributed by atoms with Gasteiger partial charge in [0.25, 0.3) is 10.0 Å². The Morgan fingerprint density at radius 3 is 2.75 bits per heavy atom. The summed E-state index contributed by atoms with van der Waals surface area (Å²) in [6, 6.07) is 0. The molecule has 0 amide bonds. The highest BCUT2D eigenvalue weighted by atomic mass is 32.2. The van der Waals surface area contributed by atoms with Crippen molar-refractivity contribution in [2.75, 3.05) is 26.0 Å². The van der Waals surface area contributed by atoms with E-state index in [0.717, 1.165) is 11.3 Å². The molecule has 92 valence electrons. The van der Waals surface area contributed by atoms with Gasteiger partial charge in [-0.2, -0.15) is 0 Å². The van der Waals surface area contributed by atoms with Crippen LogP contribution in [0.4, 0.5) is 5.13 Å². The molecule has 1 aromatic heterocycles. The first-order valence-electron chi connectivity index (χ1n) is 4.69. The van der Waals surface area contributed by atoms with Crippen LogP contribution in [-0.4, -0.2) is 33.7 Å². The third-order valence-corrected chi connectivity index (χ3v) is 4.89. The van der Waals surface area contributed by atoms with Crippen LogP contribution in [0, 0.1) is 6.92 Å². The lowest BCUT2D eigenvalue weighted by Gasteiger charge is -2.04. The van der Waals surface area contributed by atoms with Gasteiger partial charge in [0.15, 0.2) is 9.34 Å². The monoisotopic (exact) mass is 265 g/mol. The molecule has 0 aliphatic carbocycles. The highest BCUT2D eigenvalue weighted by Crippen LogP contribution is 2.24. The average molecular weight is 265 g/mol. The van der Waals surface area contributed by atoms with E-state index in [9.17, 15) is 8.42 Å². The van der Waals surface area contributed by atoms with Crippen molar-refractivity contribution in [2.45, 2.75) is 17.6 Å². The van der Waals surface area contributed by atoms with Crippen LogP contribution < -0.4 is 10.5 Å². The molecule has 6 nitrogen and oxygen atoms in total. The molecule has 3 N–H and O–H groups in total. The Hall–Kier alpha value is -0.700. The summed E-state index contributed by atoms with van der Waals surface area (Å²) in [6.45, 7) is 2.48. The van der Waals surface area contributed by atoms with Crippen LogP contribution in [0.5, 0.6) is 0 Å². The van der Waals surface area contributed by atoms with E-state index in [4.69, 9.17) is 10.5 Å². The normalized spacial score (nSPS) is 11.9. The first kappa shape index (κ1) is 13.4. The van der Waals surface area contributed by atoms with Crippen molar-refractivity contribution in [3.8, 4) is 0 Å². The van der Waals surface area contributed by atoms with Crippen LogP contribution in [0.3, 0.4) is 0 Å². The van der Waals surface area contributed by atoms with Gasteiger partial charge in [-0.05, 0) is 13.3 Å². The van der Waals surface area contributed by atoms with Gasteiger partial charge in [-0.25, -0.2) is 18.1 Å². The molecule has 1 rings (SSSR count). The fourth-order valence-electron chi connectivity index (χ4n) is 1.14. The molecule has 0 bridgehead atoms. The van der Waals surface area contributed by atoms with Crippen molar-refractivity contribution >= 4 is 26.5 Å². The molecule has 0 aliphatic rings. The SMILES string of the molecule is COCCCNS(=O)(=O)c1sc(N)nc1C. The number of hydrogen-bond acceptors (Lipinski definition) is 6. The predicted octanol–water partition coefficient (Wildman–Crippen LogP) is 0.349. The lowest BCUT2D eigenvalue weighted by atomic mass is 10.5. The lowest BCUT2D eigenvalue weighted by Crippen LogP contribution is -2.25. The van der Waals surface area contributed by atoms with E-state index in [2.05, 4.69) is 9.71 Å². The number of rotatable bonds is 6. The molecule has 0 saturated heterocycles. The standard InChI is InChI=1S/C8H15N3O3S2/c1-6-7(15-8(9)11-6)16(12,13)10-4-3-5-14-2/h10H,3-5H2,1-2H3,(H2,9,11). The molecule has 1 heterocycles. The summed E-state index contributed by atoms with van der Waals surface area (Å²) >= 11 is 0.970. The second kappa shape index (κ2) is 5.58. The van der Waals surface area contributed by atoms with E-state index in [1.54, 1.807) is 14.0 Å². The number of aromatic nitrogens is 1. The van der Waals surface area contributed by atoms with Gasteiger partial charge in [-0.3, -0.25) is 0 Å². The van der Waals surface area contributed by atoms with Crippen LogP contribution in [-0.2, 0) is 14.8 Å². The van der Waals surface area contributed by atoms with Crippen LogP contribution >= 0.6 is 11.3 Å². The number of anilines is 1. The molecule has 8 heteroatoms. The maximum absolute atomic E-state index is 11.8. The van der Waals surface area contributed by atoms with Crippen LogP contribution in [0.1, 0.15) is 12.1 Å². The number of nitrogens with one attached hydrogen (secondary N) is 1. The summed E-state index contributed by atoms with van der Waals surface area (Å²) in [4.78, 5) is 3.87. The quantitative estimate of drug-likeness (QED) is 0.724. The summed E-state index contributed by atoms with van der Waals surface area (Å²) < 4.78 is 31.1. The van der Waals surface area contributed by atoms with Crippen molar-refractivity contribution in [1.29, 1.82) is 0 Å². The van der Waals surface area contributed by atoms with Gasteiger partial charge in [-0.1, -0.05) is 11.3 Å². The predicted molar refractivity (Wildman–Crippen MR) is 62.9 cm³/mol. The van der Waals surface area contributed by atoms with Crippen LogP contribution in [0.2, 0.25) is 0 Å². The molecule has 0 unspecified atom stereocenters. The zero-order valence-corrected chi connectivity index (χ0v) is 10.8. The van der Waals surface area contributed by atoms with Gasteiger partial charge in [0.2, 0.25) is 0 Å². The van der Waals surface area contributed by atoms with Crippen LogP contribution in [0.15, 0.2) is 4.21 Å². The second-order valence-electron chi connectivity index (χ2n) is 3.17. The molecule has 16 heavy (non-hydrogen) atoms. The van der Waals surface area contributed by atoms with E-state index in [0.29, 0.717) is 25.3 Å². The topological polar surface area (TPSA) is 94.3 Å². The summed E-state index contributed by atoms with van der Waals surface area (Å²) in [5.74, 6) is 0. The fourth-order valence-corrected chi connectivity index (χ4v) is 3.56. The fraction of sp³-hybridized carbons (Fsp3) is 0.625. The Bertz CT molecular complexity index is 441. The Balaban J connectivity index is 2.67. The van der Waals surface area contributed by atoms with E-state index in [1.807, 2.05) is 0 Å². The number of nitrogen functional groups attached to an aromatic ring is 1. The molecular formula is C8H15N3O3S2. The number of ether oxygens (including phenoxy) is 1. The first-order valence-corrected chi connectivity index (χ1v) is 6.99. The Morgan fingerprint density at radius 1 is 1.56 bits per heavy atom. The minimum Gasteiger partial charge on any atom is -0.385 e. The second-order valence-corrected chi connectivity index (χ2v) is 6.16. The summed E-state index contributed by atoms with van der Waals surface area (Å²) in [5, 5.41) is 0.259. The van der Waals surface area contributed by atoms with E-state index >= 15 is 0 Å². The number of nitrogens with two attached hydrogens (primary N) is 1. The summed E-state index contributed by atoms with van der Waals surface area (Å²) in [5.41, 5.74) is 5.88. The molecular weight excluding hydrogens is 250 g/mol. The summed E-state index contributed by atoms with van der Waals surface area (Å²) in [6.07, 6.45) is 0.628. The maximum atomic E-state index is 11.8. The maximum Gasteiger partial charge on any atom is 0.252 e. The molecule has 0 saturated carbocycles. The molecule has 1 aromatic rings. The average Bonchev–Trinajstić information content (AvgIpc) is 2.53. The molecule has 0 spiro atoms. The Labute approximate surface area is 98.9 Å². The van der Waals surface area contributed by atoms with Crippen molar-refractivity contribution in [1.82, 2.24) is 9.71 Å². The van der Waals surface area contributed by atoms with Gasteiger partial charge in [0.05, 0.1) is 5.69 Å².